The molecule has 0 aromatic heterocycles. The standard InChI is InChI=1S/C26H35NO5/c1-25(2,3)32-24(29)11-14-27-15-12-26(30,13-16-27)23-10-9-22(17-21(23)18-28)31-19-20-7-5-4-6-8-20/h4-10,17,28,30H,11-16,18-19H2,1-3H3. The van der Waals surface area contributed by atoms with Crippen molar-refractivity contribution < 1.29 is 24.5 Å². The summed E-state index contributed by atoms with van der Waals surface area (Å²) in [6.45, 7) is 7.84. The first kappa shape index (κ1) is 24.2. The van der Waals surface area contributed by atoms with Crippen LogP contribution in [0.3, 0.4) is 0 Å². The van der Waals surface area contributed by atoms with E-state index >= 15 is 0 Å². The van der Waals surface area contributed by atoms with Gasteiger partial charge < -0.3 is 24.6 Å². The number of ether oxygens (including phenoxy) is 2. The van der Waals surface area contributed by atoms with Gasteiger partial charge in [0.2, 0.25) is 0 Å². The van der Waals surface area contributed by atoms with E-state index in [1.165, 1.54) is 0 Å². The summed E-state index contributed by atoms with van der Waals surface area (Å²) < 4.78 is 11.2. The number of hydrogen-bond acceptors (Lipinski definition) is 6. The predicted octanol–water partition coefficient (Wildman–Crippen LogP) is 3.77. The maximum absolute atomic E-state index is 12.0. The average Bonchev–Trinajstić information content (AvgIpc) is 2.76. The minimum atomic E-state index is -1.00. The molecule has 2 aromatic rings. The number of rotatable bonds is 8. The lowest BCUT2D eigenvalue weighted by Gasteiger charge is -2.39. The van der Waals surface area contributed by atoms with E-state index in [0.717, 1.165) is 11.1 Å². The number of likely N-dealkylation sites (tertiary alicyclic amines) is 1. The number of carbonyl (C=O) groups excluding carboxylic acids is 1. The summed E-state index contributed by atoms with van der Waals surface area (Å²) in [4.78, 5) is 14.1. The SMILES string of the molecule is CC(C)(C)OC(=O)CCN1CCC(O)(c2ccc(OCc3ccccc3)cc2CO)CC1. The monoisotopic (exact) mass is 441 g/mol. The van der Waals surface area contributed by atoms with E-state index in [1.54, 1.807) is 0 Å². The normalized spacial score (nSPS) is 16.5. The van der Waals surface area contributed by atoms with Crippen LogP contribution in [-0.4, -0.2) is 46.3 Å². The molecule has 0 bridgehead atoms. The molecule has 0 unspecified atom stereocenters. The van der Waals surface area contributed by atoms with Gasteiger partial charge in [0, 0.05) is 19.6 Å². The molecule has 0 saturated carbocycles. The number of carbonyl (C=O) groups is 1. The maximum atomic E-state index is 12.0. The third-order valence-electron chi connectivity index (χ3n) is 5.73. The van der Waals surface area contributed by atoms with Crippen molar-refractivity contribution in [3.63, 3.8) is 0 Å². The number of aliphatic hydroxyl groups is 2. The van der Waals surface area contributed by atoms with Crippen molar-refractivity contribution in [1.29, 1.82) is 0 Å². The highest BCUT2D eigenvalue weighted by Gasteiger charge is 2.35. The van der Waals surface area contributed by atoms with Gasteiger partial charge in [-0.2, -0.15) is 0 Å². The third kappa shape index (κ3) is 6.79. The zero-order valence-corrected chi connectivity index (χ0v) is 19.3. The molecule has 1 aliphatic rings. The van der Waals surface area contributed by atoms with Crippen molar-refractivity contribution in [2.45, 2.75) is 64.4 Å². The van der Waals surface area contributed by atoms with E-state index in [4.69, 9.17) is 9.47 Å². The molecule has 0 radical (unpaired) electrons. The minimum Gasteiger partial charge on any atom is -0.489 e. The van der Waals surface area contributed by atoms with Crippen LogP contribution in [0.1, 0.15) is 56.7 Å². The first-order chi connectivity index (χ1) is 15.2. The zero-order valence-electron chi connectivity index (χ0n) is 19.3. The second-order valence-electron chi connectivity index (χ2n) is 9.46. The molecular formula is C26H35NO5. The summed E-state index contributed by atoms with van der Waals surface area (Å²) >= 11 is 0. The van der Waals surface area contributed by atoms with E-state index in [-0.39, 0.29) is 12.6 Å². The van der Waals surface area contributed by atoms with Gasteiger partial charge in [-0.05, 0) is 62.4 Å². The molecule has 1 heterocycles. The van der Waals surface area contributed by atoms with Gasteiger partial charge in [-0.3, -0.25) is 4.79 Å². The Morgan fingerprint density at radius 2 is 1.78 bits per heavy atom. The van der Waals surface area contributed by atoms with Gasteiger partial charge in [0.15, 0.2) is 0 Å². The smallest absolute Gasteiger partial charge is 0.307 e. The summed E-state index contributed by atoms with van der Waals surface area (Å²) in [5.74, 6) is 0.465. The van der Waals surface area contributed by atoms with Gasteiger partial charge in [-0.25, -0.2) is 0 Å². The predicted molar refractivity (Wildman–Crippen MR) is 123 cm³/mol. The maximum Gasteiger partial charge on any atom is 0.307 e. The van der Waals surface area contributed by atoms with Gasteiger partial charge in [0.05, 0.1) is 18.6 Å². The average molecular weight is 442 g/mol. The van der Waals surface area contributed by atoms with Crippen molar-refractivity contribution in [3.05, 3.63) is 65.2 Å². The Bertz CT molecular complexity index is 883. The molecule has 1 aliphatic heterocycles. The van der Waals surface area contributed by atoms with E-state index in [2.05, 4.69) is 4.90 Å². The molecule has 3 rings (SSSR count). The summed E-state index contributed by atoms with van der Waals surface area (Å²) in [6.07, 6.45) is 1.42. The molecule has 174 valence electrons. The Kier molecular flexibility index (Phi) is 7.93. The topological polar surface area (TPSA) is 79.2 Å². The summed E-state index contributed by atoms with van der Waals surface area (Å²) in [6, 6.07) is 15.4. The highest BCUT2D eigenvalue weighted by Crippen LogP contribution is 2.36. The second kappa shape index (κ2) is 10.5. The summed E-state index contributed by atoms with van der Waals surface area (Å²) in [5, 5.41) is 21.3. The molecule has 0 aliphatic carbocycles. The lowest BCUT2D eigenvalue weighted by Crippen LogP contribution is -2.43. The Morgan fingerprint density at radius 1 is 1.09 bits per heavy atom. The van der Waals surface area contributed by atoms with Crippen LogP contribution in [-0.2, 0) is 28.3 Å². The first-order valence-electron chi connectivity index (χ1n) is 11.3. The lowest BCUT2D eigenvalue weighted by molar-refractivity contribution is -0.155. The molecule has 0 spiro atoms. The Morgan fingerprint density at radius 3 is 2.41 bits per heavy atom. The molecular weight excluding hydrogens is 406 g/mol. The fraction of sp³-hybridized carbons (Fsp3) is 0.500. The van der Waals surface area contributed by atoms with Crippen LogP contribution in [0, 0.1) is 0 Å². The van der Waals surface area contributed by atoms with Crippen molar-refractivity contribution in [2.75, 3.05) is 19.6 Å². The number of piperidine rings is 1. The fourth-order valence-electron chi connectivity index (χ4n) is 4.04. The van der Waals surface area contributed by atoms with Crippen molar-refractivity contribution in [2.24, 2.45) is 0 Å². The second-order valence-corrected chi connectivity index (χ2v) is 9.46. The number of aliphatic hydroxyl groups excluding tert-OH is 1. The first-order valence-corrected chi connectivity index (χ1v) is 11.3. The van der Waals surface area contributed by atoms with Crippen LogP contribution in [0.4, 0.5) is 0 Å². The molecule has 1 fully saturated rings. The van der Waals surface area contributed by atoms with Crippen LogP contribution < -0.4 is 4.74 Å². The minimum absolute atomic E-state index is 0.164. The van der Waals surface area contributed by atoms with E-state index < -0.39 is 11.2 Å². The third-order valence-corrected chi connectivity index (χ3v) is 5.73. The Labute approximate surface area is 190 Å². The quantitative estimate of drug-likeness (QED) is 0.607. The highest BCUT2D eigenvalue weighted by molar-refractivity contribution is 5.70. The van der Waals surface area contributed by atoms with E-state index in [1.807, 2.05) is 69.3 Å². The largest absolute Gasteiger partial charge is 0.489 e. The highest BCUT2D eigenvalue weighted by atomic mass is 16.6. The molecule has 2 aromatic carbocycles. The van der Waals surface area contributed by atoms with Gasteiger partial charge in [-0.1, -0.05) is 36.4 Å². The Balaban J connectivity index is 1.57. The molecule has 2 N–H and O–H groups in total. The number of benzene rings is 2. The van der Waals surface area contributed by atoms with E-state index in [0.29, 0.717) is 56.8 Å². The molecule has 32 heavy (non-hydrogen) atoms. The number of nitrogens with zero attached hydrogens (tertiary/aromatic N) is 1. The van der Waals surface area contributed by atoms with Crippen molar-refractivity contribution in [1.82, 2.24) is 4.90 Å². The van der Waals surface area contributed by atoms with Gasteiger partial charge in [0.25, 0.3) is 0 Å². The van der Waals surface area contributed by atoms with Crippen LogP contribution in [0.2, 0.25) is 0 Å². The number of hydrogen-bond donors (Lipinski definition) is 2. The molecule has 6 heteroatoms. The lowest BCUT2D eigenvalue weighted by atomic mass is 9.82. The van der Waals surface area contributed by atoms with Crippen LogP contribution in [0.15, 0.2) is 48.5 Å². The van der Waals surface area contributed by atoms with E-state index in [9.17, 15) is 15.0 Å². The van der Waals surface area contributed by atoms with Crippen LogP contribution in [0.25, 0.3) is 0 Å². The van der Waals surface area contributed by atoms with Crippen LogP contribution >= 0.6 is 0 Å². The summed E-state index contributed by atoms with van der Waals surface area (Å²) in [5.41, 5.74) is 1.02. The van der Waals surface area contributed by atoms with Gasteiger partial charge >= 0.3 is 5.97 Å². The zero-order chi connectivity index (χ0) is 23.2. The van der Waals surface area contributed by atoms with Crippen molar-refractivity contribution in [3.8, 4) is 5.75 Å². The molecule has 0 atom stereocenters. The Hall–Kier alpha value is -2.41. The molecule has 0 amide bonds. The van der Waals surface area contributed by atoms with Crippen molar-refractivity contribution >= 4 is 5.97 Å². The summed E-state index contributed by atoms with van der Waals surface area (Å²) in [7, 11) is 0. The van der Waals surface area contributed by atoms with Gasteiger partial charge in [0.1, 0.15) is 18.0 Å². The number of esters is 1. The molecule has 6 nitrogen and oxygen atoms in total. The fourth-order valence-corrected chi connectivity index (χ4v) is 4.04. The van der Waals surface area contributed by atoms with Crippen LogP contribution in [0.5, 0.6) is 5.75 Å². The van der Waals surface area contributed by atoms with Gasteiger partial charge in [-0.15, -0.1) is 0 Å². The molecule has 1 saturated heterocycles.